The first-order valence-electron chi connectivity index (χ1n) is 9.09. The number of hydrogen-bond acceptors (Lipinski definition) is 4. The molecule has 1 fully saturated rings. The van der Waals surface area contributed by atoms with Gasteiger partial charge in [-0.25, -0.2) is 9.48 Å². The molecule has 138 valence electrons. The summed E-state index contributed by atoms with van der Waals surface area (Å²) < 4.78 is 7.13. The van der Waals surface area contributed by atoms with Gasteiger partial charge in [-0.3, -0.25) is 4.79 Å². The van der Waals surface area contributed by atoms with Crippen molar-refractivity contribution in [3.8, 4) is 5.69 Å². The van der Waals surface area contributed by atoms with Crippen molar-refractivity contribution >= 4 is 11.9 Å². The molecule has 1 atom stereocenters. The molecular formula is C20H25N3O3. The van der Waals surface area contributed by atoms with Gasteiger partial charge in [0.25, 0.3) is 5.91 Å². The summed E-state index contributed by atoms with van der Waals surface area (Å²) in [5.74, 6) is -0.733. The van der Waals surface area contributed by atoms with E-state index in [-0.39, 0.29) is 11.9 Å². The molecule has 0 saturated heterocycles. The molecule has 0 aliphatic heterocycles. The Labute approximate surface area is 153 Å². The minimum atomic E-state index is -0.807. The van der Waals surface area contributed by atoms with Crippen molar-refractivity contribution in [2.45, 2.75) is 58.6 Å². The van der Waals surface area contributed by atoms with E-state index >= 15 is 0 Å². The number of carbonyl (C=O) groups is 2. The third-order valence-corrected chi connectivity index (χ3v) is 4.71. The van der Waals surface area contributed by atoms with E-state index < -0.39 is 12.1 Å². The molecule has 0 bridgehead atoms. The van der Waals surface area contributed by atoms with Gasteiger partial charge in [-0.05, 0) is 63.9 Å². The Morgan fingerprint density at radius 1 is 1.19 bits per heavy atom. The van der Waals surface area contributed by atoms with E-state index in [9.17, 15) is 9.59 Å². The van der Waals surface area contributed by atoms with Crippen molar-refractivity contribution in [2.24, 2.45) is 0 Å². The van der Waals surface area contributed by atoms with Crippen LogP contribution < -0.4 is 5.32 Å². The van der Waals surface area contributed by atoms with Gasteiger partial charge >= 0.3 is 5.97 Å². The number of benzene rings is 1. The quantitative estimate of drug-likeness (QED) is 0.837. The molecule has 2 aromatic rings. The summed E-state index contributed by atoms with van der Waals surface area (Å²) in [4.78, 5) is 24.4. The molecule has 1 unspecified atom stereocenters. The van der Waals surface area contributed by atoms with Crippen LogP contribution in [0.5, 0.6) is 0 Å². The van der Waals surface area contributed by atoms with Crippen LogP contribution in [0, 0.1) is 13.8 Å². The van der Waals surface area contributed by atoms with Crippen molar-refractivity contribution in [1.29, 1.82) is 0 Å². The highest BCUT2D eigenvalue weighted by molar-refractivity contribution is 5.92. The van der Waals surface area contributed by atoms with Crippen LogP contribution >= 0.6 is 0 Å². The van der Waals surface area contributed by atoms with E-state index in [0.717, 1.165) is 42.8 Å². The zero-order valence-corrected chi connectivity index (χ0v) is 15.5. The minimum Gasteiger partial charge on any atom is -0.449 e. The van der Waals surface area contributed by atoms with Gasteiger partial charge in [-0.15, -0.1) is 0 Å². The molecule has 1 N–H and O–H groups in total. The molecule has 0 radical (unpaired) electrons. The van der Waals surface area contributed by atoms with Gasteiger partial charge in [-0.2, -0.15) is 5.10 Å². The van der Waals surface area contributed by atoms with Gasteiger partial charge in [0.2, 0.25) is 0 Å². The van der Waals surface area contributed by atoms with Crippen LogP contribution in [0.3, 0.4) is 0 Å². The maximum absolute atomic E-state index is 12.3. The molecule has 1 aromatic heterocycles. The molecule has 26 heavy (non-hydrogen) atoms. The van der Waals surface area contributed by atoms with E-state index in [1.807, 2.05) is 36.7 Å². The highest BCUT2D eigenvalue weighted by Gasteiger charge is 2.23. The Kier molecular flexibility index (Phi) is 5.40. The lowest BCUT2D eigenvalue weighted by molar-refractivity contribution is -0.129. The number of esters is 1. The maximum Gasteiger partial charge on any atom is 0.338 e. The standard InChI is InChI=1S/C20H25N3O3/c1-13-12-14(2)23(22-13)18-10-8-16(9-11-18)20(25)26-15(3)19(24)21-17-6-4-5-7-17/h8-12,15,17H,4-7H2,1-3H3,(H,21,24). The predicted molar refractivity (Wildman–Crippen MR) is 98.3 cm³/mol. The fraction of sp³-hybridized carbons (Fsp3) is 0.450. The van der Waals surface area contributed by atoms with Crippen molar-refractivity contribution in [1.82, 2.24) is 15.1 Å². The molecule has 0 spiro atoms. The summed E-state index contributed by atoms with van der Waals surface area (Å²) in [7, 11) is 0. The average molecular weight is 355 g/mol. The first-order valence-corrected chi connectivity index (χ1v) is 9.09. The lowest BCUT2D eigenvalue weighted by Gasteiger charge is -2.17. The van der Waals surface area contributed by atoms with E-state index in [1.54, 1.807) is 19.1 Å². The fourth-order valence-electron chi connectivity index (χ4n) is 3.30. The molecule has 1 aliphatic carbocycles. The number of nitrogens with zero attached hydrogens (tertiary/aromatic N) is 2. The summed E-state index contributed by atoms with van der Waals surface area (Å²) in [5, 5.41) is 7.37. The minimum absolute atomic E-state index is 0.212. The third-order valence-electron chi connectivity index (χ3n) is 4.71. The predicted octanol–water partition coefficient (Wildman–Crippen LogP) is 3.09. The number of hydrogen-bond donors (Lipinski definition) is 1. The zero-order valence-electron chi connectivity index (χ0n) is 15.5. The van der Waals surface area contributed by atoms with E-state index in [4.69, 9.17) is 4.74 Å². The van der Waals surface area contributed by atoms with Crippen LogP contribution in [0.4, 0.5) is 0 Å². The largest absolute Gasteiger partial charge is 0.449 e. The van der Waals surface area contributed by atoms with Gasteiger partial charge < -0.3 is 10.1 Å². The van der Waals surface area contributed by atoms with E-state index in [2.05, 4.69) is 10.4 Å². The van der Waals surface area contributed by atoms with Gasteiger partial charge in [0.05, 0.1) is 16.9 Å². The SMILES string of the molecule is Cc1cc(C)n(-c2ccc(C(=O)OC(C)C(=O)NC3CCCC3)cc2)n1. The zero-order chi connectivity index (χ0) is 18.7. The molecule has 6 heteroatoms. The van der Waals surface area contributed by atoms with Crippen LogP contribution in [0.1, 0.15) is 54.4 Å². The fourth-order valence-corrected chi connectivity index (χ4v) is 3.30. The molecule has 1 saturated carbocycles. The van der Waals surface area contributed by atoms with Gasteiger partial charge in [-0.1, -0.05) is 12.8 Å². The van der Waals surface area contributed by atoms with Crippen molar-refractivity contribution in [3.63, 3.8) is 0 Å². The summed E-state index contributed by atoms with van der Waals surface area (Å²) in [5.41, 5.74) is 3.25. The smallest absolute Gasteiger partial charge is 0.338 e. The van der Waals surface area contributed by atoms with E-state index in [1.165, 1.54) is 0 Å². The van der Waals surface area contributed by atoms with Gasteiger partial charge in [0.1, 0.15) is 0 Å². The topological polar surface area (TPSA) is 73.2 Å². The van der Waals surface area contributed by atoms with E-state index in [0.29, 0.717) is 5.56 Å². The first kappa shape index (κ1) is 18.2. The summed E-state index contributed by atoms with van der Waals surface area (Å²) in [6.07, 6.45) is 3.47. The molecular weight excluding hydrogens is 330 g/mol. The Bertz CT molecular complexity index is 789. The Morgan fingerprint density at radius 3 is 2.42 bits per heavy atom. The normalized spacial score (nSPS) is 15.7. The van der Waals surface area contributed by atoms with Crippen LogP contribution in [-0.4, -0.2) is 33.8 Å². The van der Waals surface area contributed by atoms with Crippen LogP contribution in [0.2, 0.25) is 0 Å². The first-order chi connectivity index (χ1) is 12.4. The Balaban J connectivity index is 1.60. The van der Waals surface area contributed by atoms with Crippen molar-refractivity contribution < 1.29 is 14.3 Å². The van der Waals surface area contributed by atoms with Crippen LogP contribution in [0.15, 0.2) is 30.3 Å². The summed E-state index contributed by atoms with van der Waals surface area (Å²) in [6.45, 7) is 5.52. The van der Waals surface area contributed by atoms with Crippen LogP contribution in [0.25, 0.3) is 5.69 Å². The second kappa shape index (κ2) is 7.72. The number of rotatable bonds is 5. The summed E-state index contributed by atoms with van der Waals surface area (Å²) in [6, 6.07) is 9.22. The summed E-state index contributed by atoms with van der Waals surface area (Å²) >= 11 is 0. The number of ether oxygens (including phenoxy) is 1. The number of carbonyl (C=O) groups excluding carboxylic acids is 2. The molecule has 1 amide bonds. The van der Waals surface area contributed by atoms with Crippen LogP contribution in [-0.2, 0) is 9.53 Å². The Hall–Kier alpha value is -2.63. The highest BCUT2D eigenvalue weighted by Crippen LogP contribution is 2.18. The molecule has 1 aliphatic rings. The molecule has 1 heterocycles. The third kappa shape index (κ3) is 4.12. The Morgan fingerprint density at radius 2 is 1.85 bits per heavy atom. The molecule has 6 nitrogen and oxygen atoms in total. The number of aromatic nitrogens is 2. The van der Waals surface area contributed by atoms with Gasteiger partial charge in [0.15, 0.2) is 6.10 Å². The second-order valence-corrected chi connectivity index (χ2v) is 6.92. The number of nitrogens with one attached hydrogen (secondary N) is 1. The average Bonchev–Trinajstić information content (AvgIpc) is 3.24. The lowest BCUT2D eigenvalue weighted by Crippen LogP contribution is -2.40. The van der Waals surface area contributed by atoms with Gasteiger partial charge in [0, 0.05) is 11.7 Å². The highest BCUT2D eigenvalue weighted by atomic mass is 16.5. The van der Waals surface area contributed by atoms with Crippen molar-refractivity contribution in [2.75, 3.05) is 0 Å². The molecule has 1 aromatic carbocycles. The second-order valence-electron chi connectivity index (χ2n) is 6.92. The maximum atomic E-state index is 12.3. The van der Waals surface area contributed by atoms with Crippen molar-refractivity contribution in [3.05, 3.63) is 47.3 Å². The monoisotopic (exact) mass is 355 g/mol. The number of amides is 1. The number of aryl methyl sites for hydroxylation is 2. The molecule has 3 rings (SSSR count). The lowest BCUT2D eigenvalue weighted by atomic mass is 10.2.